The number of benzene rings is 9. The van der Waals surface area contributed by atoms with Crippen LogP contribution in [0.5, 0.6) is 11.5 Å². The Kier molecular flexibility index (Phi) is 13.6. The van der Waals surface area contributed by atoms with Gasteiger partial charge in [-0.3, -0.25) is 0 Å². The number of nitrogens with zero attached hydrogens (tertiary/aromatic N) is 4. The molecule has 0 spiro atoms. The Labute approximate surface area is 475 Å². The molecule has 9 aromatic carbocycles. The van der Waals surface area contributed by atoms with Crippen molar-refractivity contribution in [2.45, 2.75) is 78.6 Å². The Bertz CT molecular complexity index is 3990. The molecule has 1 aliphatic heterocycles. The van der Waals surface area contributed by atoms with Crippen molar-refractivity contribution >= 4 is 44.6 Å². The van der Waals surface area contributed by atoms with Crippen LogP contribution in [0.3, 0.4) is 0 Å². The van der Waals surface area contributed by atoms with Crippen molar-refractivity contribution in [3.63, 3.8) is 0 Å². The molecule has 6 heteroatoms. The van der Waals surface area contributed by atoms with Gasteiger partial charge in [0.2, 0.25) is 0 Å². The van der Waals surface area contributed by atoms with Crippen molar-refractivity contribution in [3.05, 3.63) is 248 Å². The van der Waals surface area contributed by atoms with Crippen molar-refractivity contribution in [1.29, 1.82) is 0 Å². The van der Waals surface area contributed by atoms with E-state index in [4.69, 9.17) is 9.72 Å². The number of anilines is 4. The summed E-state index contributed by atoms with van der Waals surface area (Å²) in [5.41, 5.74) is 18.8. The van der Waals surface area contributed by atoms with E-state index in [9.17, 15) is 0 Å². The molecule has 0 unspecified atom stereocenters. The van der Waals surface area contributed by atoms with Crippen LogP contribution in [-0.2, 0) is 37.3 Å². The number of hydrogen-bond donors (Lipinski definition) is 0. The maximum atomic E-state index is 6.84. The molecule has 0 amide bonds. The standard InChI is InChI=1S/C72H63N4O.Pt/c1-70(2,3)53-35-33-50(34-36-53)58-29-20-30-59(52-26-18-25-51(41-52)48-21-12-10-13-22-48)69(58)75-47-74(65-31-16-17-32-66(65)75)55-27-19-28-56(43-55)77-57-38-39-60-61-42-54(71(4,5)6)37-40-64(61)76(67(60)44-57)68-45-63(72(7,8)9)62(46-73-68)49-23-14-11-15-24-49;/h10-42,45-47H,1-9H3;/q-3;. The third-order valence-corrected chi connectivity index (χ3v) is 15.0. The van der Waals surface area contributed by atoms with Crippen molar-refractivity contribution in [2.75, 3.05) is 9.80 Å². The Morgan fingerprint density at radius 3 is 1.71 bits per heavy atom. The monoisotopic (exact) mass is 1190 g/mol. The predicted molar refractivity (Wildman–Crippen MR) is 322 cm³/mol. The van der Waals surface area contributed by atoms with Crippen LogP contribution in [0.25, 0.3) is 72.1 Å². The topological polar surface area (TPSA) is 33.5 Å². The van der Waals surface area contributed by atoms with Crippen molar-refractivity contribution < 1.29 is 25.8 Å². The van der Waals surface area contributed by atoms with E-state index in [0.29, 0.717) is 11.5 Å². The number of pyridine rings is 1. The van der Waals surface area contributed by atoms with Gasteiger partial charge in [-0.25, -0.2) is 4.98 Å². The second kappa shape index (κ2) is 20.4. The van der Waals surface area contributed by atoms with Crippen LogP contribution in [0, 0.1) is 18.8 Å². The SMILES string of the molecule is CC(C)(C)c1ccc(-c2cccc(-c3cccc(-c4ccccc4)c3)c2N2[CH-]N(c3[c-]c(Oc4[c-]c5c(cc4)c4cc(C(C)(C)C)ccc4n5-c4cc(C(C)(C)C)c(-c5ccccc5)cn4)ccc3)c3ccccc32)cc1.[Pt]. The van der Waals surface area contributed by atoms with E-state index < -0.39 is 0 Å². The van der Waals surface area contributed by atoms with E-state index in [1.165, 1.54) is 27.8 Å². The fraction of sp³-hybridized carbons (Fsp3) is 0.167. The molecule has 0 fully saturated rings. The summed E-state index contributed by atoms with van der Waals surface area (Å²) in [5, 5.41) is 2.24. The quantitative estimate of drug-likeness (QED) is 0.135. The maximum absolute atomic E-state index is 6.84. The minimum absolute atomic E-state index is 0. The Morgan fingerprint density at radius 2 is 1.01 bits per heavy atom. The molecule has 0 saturated carbocycles. The number of rotatable bonds is 9. The zero-order valence-corrected chi connectivity index (χ0v) is 48.1. The van der Waals surface area contributed by atoms with Gasteiger partial charge in [0.05, 0.1) is 0 Å². The molecule has 0 bridgehead atoms. The summed E-state index contributed by atoms with van der Waals surface area (Å²) >= 11 is 0. The second-order valence-electron chi connectivity index (χ2n) is 23.4. The summed E-state index contributed by atoms with van der Waals surface area (Å²) in [6.07, 6.45) is 2.04. The van der Waals surface area contributed by atoms with Crippen LogP contribution in [0.1, 0.15) is 79.0 Å². The first kappa shape index (κ1) is 52.1. The van der Waals surface area contributed by atoms with Crippen molar-refractivity contribution in [2.24, 2.45) is 0 Å². The number of para-hydroxylation sites is 3. The zero-order chi connectivity index (χ0) is 53.2. The van der Waals surface area contributed by atoms with Gasteiger partial charge in [0.15, 0.2) is 0 Å². The van der Waals surface area contributed by atoms with Gasteiger partial charge in [0, 0.05) is 78.0 Å². The van der Waals surface area contributed by atoms with Gasteiger partial charge in [-0.1, -0.05) is 213 Å². The zero-order valence-electron chi connectivity index (χ0n) is 45.8. The molecule has 0 N–H and O–H groups in total. The van der Waals surface area contributed by atoms with Crippen LogP contribution in [0.2, 0.25) is 0 Å². The molecule has 0 aliphatic carbocycles. The largest absolute Gasteiger partial charge is 0.509 e. The van der Waals surface area contributed by atoms with Gasteiger partial charge in [0.1, 0.15) is 5.82 Å². The molecule has 78 heavy (non-hydrogen) atoms. The predicted octanol–water partition coefficient (Wildman–Crippen LogP) is 19.5. The first-order valence-corrected chi connectivity index (χ1v) is 26.8. The molecule has 0 saturated heterocycles. The summed E-state index contributed by atoms with van der Waals surface area (Å²) in [5.74, 6) is 2.01. The molecular weight excluding hydrogens is 1130 g/mol. The average Bonchev–Trinajstić information content (AvgIpc) is 4.20. The number of ether oxygens (including phenoxy) is 1. The average molecular weight is 1200 g/mol. The molecule has 11 aromatic rings. The summed E-state index contributed by atoms with van der Waals surface area (Å²) in [7, 11) is 0. The smallest absolute Gasteiger partial charge is 0.135 e. The summed E-state index contributed by atoms with van der Waals surface area (Å²) in [6, 6.07) is 81.3. The number of aromatic nitrogens is 2. The molecule has 390 valence electrons. The summed E-state index contributed by atoms with van der Waals surface area (Å²) in [6.45, 7) is 22.6. The Balaban J connectivity index is 0.00000645. The minimum Gasteiger partial charge on any atom is -0.509 e. The van der Waals surface area contributed by atoms with E-state index in [1.807, 2.05) is 24.4 Å². The Morgan fingerprint density at radius 1 is 0.436 bits per heavy atom. The number of hydrogen-bond acceptors (Lipinski definition) is 4. The fourth-order valence-corrected chi connectivity index (χ4v) is 10.9. The molecule has 3 heterocycles. The molecule has 0 radical (unpaired) electrons. The van der Waals surface area contributed by atoms with Gasteiger partial charge in [-0.05, 0) is 96.5 Å². The minimum atomic E-state index is -0.150. The van der Waals surface area contributed by atoms with Crippen molar-refractivity contribution in [1.82, 2.24) is 9.55 Å². The molecular formula is C72H63N4OPt-3. The van der Waals surface area contributed by atoms with Gasteiger partial charge < -0.3 is 19.1 Å². The fourth-order valence-electron chi connectivity index (χ4n) is 10.9. The van der Waals surface area contributed by atoms with Crippen LogP contribution in [-0.4, -0.2) is 9.55 Å². The van der Waals surface area contributed by atoms with Gasteiger partial charge in [-0.15, -0.1) is 48.1 Å². The van der Waals surface area contributed by atoms with Gasteiger partial charge in [-0.2, -0.15) is 12.1 Å². The Hall–Kier alpha value is -7.98. The van der Waals surface area contributed by atoms with E-state index in [1.54, 1.807) is 0 Å². The van der Waals surface area contributed by atoms with E-state index in [-0.39, 0.29) is 37.3 Å². The van der Waals surface area contributed by atoms with Crippen LogP contribution < -0.4 is 14.5 Å². The van der Waals surface area contributed by atoms with Gasteiger partial charge >= 0.3 is 0 Å². The van der Waals surface area contributed by atoms with E-state index >= 15 is 0 Å². The number of fused-ring (bicyclic) bond motifs is 4. The van der Waals surface area contributed by atoms with E-state index in [0.717, 1.165) is 83.8 Å². The molecule has 1 aliphatic rings. The third-order valence-electron chi connectivity index (χ3n) is 15.0. The van der Waals surface area contributed by atoms with Crippen LogP contribution in [0.4, 0.5) is 22.7 Å². The summed E-state index contributed by atoms with van der Waals surface area (Å²) in [4.78, 5) is 9.79. The first-order chi connectivity index (χ1) is 37.1. The normalized spacial score (nSPS) is 12.7. The van der Waals surface area contributed by atoms with Crippen LogP contribution in [0.15, 0.2) is 212 Å². The van der Waals surface area contributed by atoms with Gasteiger partial charge in [0.25, 0.3) is 0 Å². The van der Waals surface area contributed by atoms with E-state index in [2.05, 4.69) is 284 Å². The summed E-state index contributed by atoms with van der Waals surface area (Å²) < 4.78 is 9.09. The first-order valence-electron chi connectivity index (χ1n) is 26.8. The third kappa shape index (κ3) is 9.86. The molecule has 12 rings (SSSR count). The second-order valence-corrected chi connectivity index (χ2v) is 23.4. The van der Waals surface area contributed by atoms with Crippen molar-refractivity contribution in [3.8, 4) is 61.8 Å². The maximum Gasteiger partial charge on any atom is 0.135 e. The molecule has 2 aromatic heterocycles. The molecule has 0 atom stereocenters. The molecule has 5 nitrogen and oxygen atoms in total. The van der Waals surface area contributed by atoms with Crippen LogP contribution >= 0.6 is 0 Å².